The summed E-state index contributed by atoms with van der Waals surface area (Å²) in [5.41, 5.74) is 2.22. The summed E-state index contributed by atoms with van der Waals surface area (Å²) in [5, 5.41) is 6.59. The van der Waals surface area contributed by atoms with Crippen LogP contribution in [0.15, 0.2) is 24.3 Å². The minimum absolute atomic E-state index is 0.232. The van der Waals surface area contributed by atoms with Crippen LogP contribution in [-0.2, 0) is 10.2 Å². The van der Waals surface area contributed by atoms with Gasteiger partial charge in [0.15, 0.2) is 0 Å². The molecular formula is C16H22N2O. The van der Waals surface area contributed by atoms with Gasteiger partial charge in [0.05, 0.1) is 5.41 Å². The Morgan fingerprint density at radius 1 is 1.37 bits per heavy atom. The van der Waals surface area contributed by atoms with Crippen LogP contribution < -0.4 is 10.6 Å². The van der Waals surface area contributed by atoms with Crippen molar-refractivity contribution in [2.75, 3.05) is 13.1 Å². The van der Waals surface area contributed by atoms with E-state index in [4.69, 9.17) is 0 Å². The van der Waals surface area contributed by atoms with Crippen LogP contribution in [0.5, 0.6) is 0 Å². The average Bonchev–Trinajstić information content (AvgIpc) is 3.22. The molecule has 1 amide bonds. The molecule has 19 heavy (non-hydrogen) atoms. The molecule has 1 saturated heterocycles. The predicted octanol–water partition coefficient (Wildman–Crippen LogP) is 1.89. The highest BCUT2D eigenvalue weighted by atomic mass is 16.2. The van der Waals surface area contributed by atoms with Crippen molar-refractivity contribution >= 4 is 5.91 Å². The van der Waals surface area contributed by atoms with Gasteiger partial charge in [0.2, 0.25) is 5.91 Å². The van der Waals surface area contributed by atoms with E-state index in [1.807, 2.05) is 12.1 Å². The molecular weight excluding hydrogens is 236 g/mol. The number of carbonyl (C=O) groups excluding carboxylic acids is 1. The second-order valence-electron chi connectivity index (χ2n) is 5.91. The third kappa shape index (κ3) is 2.39. The third-order valence-corrected chi connectivity index (χ3v) is 4.48. The van der Waals surface area contributed by atoms with Gasteiger partial charge >= 0.3 is 0 Å². The summed E-state index contributed by atoms with van der Waals surface area (Å²) in [6, 6.07) is 8.60. The fourth-order valence-corrected chi connectivity index (χ4v) is 3.15. The molecule has 1 atom stereocenters. The minimum Gasteiger partial charge on any atom is -0.351 e. The third-order valence-electron chi connectivity index (χ3n) is 4.48. The minimum atomic E-state index is -0.233. The summed E-state index contributed by atoms with van der Waals surface area (Å²) in [6.07, 6.45) is 4.23. The predicted molar refractivity (Wildman–Crippen MR) is 76.1 cm³/mol. The summed E-state index contributed by atoms with van der Waals surface area (Å²) in [4.78, 5) is 12.6. The summed E-state index contributed by atoms with van der Waals surface area (Å²) in [7, 11) is 0. The first-order valence-electron chi connectivity index (χ1n) is 7.30. The molecule has 2 aliphatic rings. The Balaban J connectivity index is 1.74. The van der Waals surface area contributed by atoms with Crippen LogP contribution >= 0.6 is 0 Å². The second kappa shape index (κ2) is 4.97. The maximum Gasteiger partial charge on any atom is 0.230 e. The number of hydrogen-bond donors (Lipinski definition) is 2. The van der Waals surface area contributed by atoms with E-state index in [1.54, 1.807) is 0 Å². The lowest BCUT2D eigenvalue weighted by molar-refractivity contribution is -0.124. The van der Waals surface area contributed by atoms with Crippen LogP contribution in [0.3, 0.4) is 0 Å². The van der Waals surface area contributed by atoms with Crippen LogP contribution in [0.1, 0.15) is 36.8 Å². The van der Waals surface area contributed by atoms with E-state index < -0.39 is 0 Å². The van der Waals surface area contributed by atoms with Gasteiger partial charge in [-0.05, 0) is 50.3 Å². The topological polar surface area (TPSA) is 41.1 Å². The number of piperidine rings is 1. The highest BCUT2D eigenvalue weighted by Crippen LogP contribution is 2.49. The Morgan fingerprint density at radius 3 is 2.79 bits per heavy atom. The normalized spacial score (nSPS) is 24.8. The standard InChI is InChI=1S/C16H22N2O/c1-12-5-2-3-7-14(12)16(8-9-16)15(19)18-13-6-4-10-17-11-13/h2-3,5,7,13,17H,4,6,8-11H2,1H3,(H,18,19)/t13-/m0/s1. The Labute approximate surface area is 114 Å². The van der Waals surface area contributed by atoms with E-state index in [-0.39, 0.29) is 11.3 Å². The van der Waals surface area contributed by atoms with Gasteiger partial charge in [-0.3, -0.25) is 4.79 Å². The van der Waals surface area contributed by atoms with E-state index in [2.05, 4.69) is 29.7 Å². The molecule has 2 N–H and O–H groups in total. The van der Waals surface area contributed by atoms with Gasteiger partial charge in [0.25, 0.3) is 0 Å². The van der Waals surface area contributed by atoms with Crippen molar-refractivity contribution in [2.24, 2.45) is 0 Å². The maximum absolute atomic E-state index is 12.6. The molecule has 102 valence electrons. The number of amides is 1. The van der Waals surface area contributed by atoms with E-state index >= 15 is 0 Å². The number of benzene rings is 1. The highest BCUT2D eigenvalue weighted by molar-refractivity contribution is 5.91. The Hall–Kier alpha value is -1.35. The molecule has 0 aromatic heterocycles. The van der Waals surface area contributed by atoms with Crippen molar-refractivity contribution in [3.8, 4) is 0 Å². The van der Waals surface area contributed by atoms with Gasteiger partial charge in [-0.25, -0.2) is 0 Å². The molecule has 0 spiro atoms. The number of hydrogen-bond acceptors (Lipinski definition) is 2. The van der Waals surface area contributed by atoms with Gasteiger partial charge in [-0.15, -0.1) is 0 Å². The summed E-state index contributed by atoms with van der Waals surface area (Å²) in [5.74, 6) is 0.232. The average molecular weight is 258 g/mol. The lowest BCUT2D eigenvalue weighted by Crippen LogP contribution is -2.48. The van der Waals surface area contributed by atoms with Crippen LogP contribution in [0, 0.1) is 6.92 Å². The van der Waals surface area contributed by atoms with Crippen molar-refractivity contribution < 1.29 is 4.79 Å². The molecule has 1 aromatic carbocycles. The zero-order chi connectivity index (χ0) is 13.3. The Morgan fingerprint density at radius 2 is 2.16 bits per heavy atom. The Kier molecular flexibility index (Phi) is 3.31. The largest absolute Gasteiger partial charge is 0.351 e. The fourth-order valence-electron chi connectivity index (χ4n) is 3.15. The molecule has 0 radical (unpaired) electrons. The maximum atomic E-state index is 12.6. The molecule has 2 fully saturated rings. The van der Waals surface area contributed by atoms with Crippen LogP contribution in [-0.4, -0.2) is 25.0 Å². The molecule has 1 aromatic rings. The first-order valence-corrected chi connectivity index (χ1v) is 7.30. The Bertz CT molecular complexity index is 473. The van der Waals surface area contributed by atoms with Crippen LogP contribution in [0.2, 0.25) is 0 Å². The van der Waals surface area contributed by atoms with Crippen LogP contribution in [0.4, 0.5) is 0 Å². The van der Waals surface area contributed by atoms with Crippen molar-refractivity contribution in [1.29, 1.82) is 0 Å². The van der Waals surface area contributed by atoms with E-state index in [1.165, 1.54) is 11.1 Å². The van der Waals surface area contributed by atoms with Gasteiger partial charge in [0, 0.05) is 12.6 Å². The van der Waals surface area contributed by atoms with Crippen molar-refractivity contribution in [3.05, 3.63) is 35.4 Å². The quantitative estimate of drug-likeness (QED) is 0.869. The highest BCUT2D eigenvalue weighted by Gasteiger charge is 2.52. The van der Waals surface area contributed by atoms with Crippen LogP contribution in [0.25, 0.3) is 0 Å². The van der Waals surface area contributed by atoms with Gasteiger partial charge in [-0.2, -0.15) is 0 Å². The van der Waals surface area contributed by atoms with Crippen molar-refractivity contribution in [2.45, 2.75) is 44.1 Å². The van der Waals surface area contributed by atoms with E-state index in [0.29, 0.717) is 6.04 Å². The van der Waals surface area contributed by atoms with E-state index in [0.717, 1.165) is 38.8 Å². The second-order valence-corrected chi connectivity index (χ2v) is 5.91. The molecule has 0 unspecified atom stereocenters. The molecule has 1 aliphatic carbocycles. The van der Waals surface area contributed by atoms with Gasteiger partial charge < -0.3 is 10.6 Å². The lowest BCUT2D eigenvalue weighted by atomic mass is 9.90. The lowest BCUT2D eigenvalue weighted by Gasteiger charge is -2.27. The zero-order valence-electron chi connectivity index (χ0n) is 11.5. The summed E-state index contributed by atoms with van der Waals surface area (Å²) >= 11 is 0. The SMILES string of the molecule is Cc1ccccc1C1(C(=O)N[C@H]2CCCNC2)CC1. The smallest absolute Gasteiger partial charge is 0.230 e. The molecule has 0 bridgehead atoms. The monoisotopic (exact) mass is 258 g/mol. The number of carbonyl (C=O) groups is 1. The molecule has 3 heteroatoms. The molecule has 1 heterocycles. The van der Waals surface area contributed by atoms with E-state index in [9.17, 15) is 4.79 Å². The number of nitrogens with one attached hydrogen (secondary N) is 2. The summed E-state index contributed by atoms with van der Waals surface area (Å²) in [6.45, 7) is 4.09. The number of rotatable bonds is 3. The van der Waals surface area contributed by atoms with Gasteiger partial charge in [0.1, 0.15) is 0 Å². The first-order chi connectivity index (χ1) is 9.22. The fraction of sp³-hybridized carbons (Fsp3) is 0.562. The molecule has 1 aliphatic heterocycles. The zero-order valence-corrected chi connectivity index (χ0v) is 11.5. The number of aryl methyl sites for hydroxylation is 1. The molecule has 1 saturated carbocycles. The van der Waals surface area contributed by atoms with Crippen molar-refractivity contribution in [3.63, 3.8) is 0 Å². The summed E-state index contributed by atoms with van der Waals surface area (Å²) < 4.78 is 0. The molecule has 3 rings (SSSR count). The van der Waals surface area contributed by atoms with Gasteiger partial charge in [-0.1, -0.05) is 24.3 Å². The molecule has 3 nitrogen and oxygen atoms in total. The van der Waals surface area contributed by atoms with Crippen molar-refractivity contribution in [1.82, 2.24) is 10.6 Å². The first kappa shape index (κ1) is 12.7.